The number of carbonyl (C=O) groups excluding carboxylic acids is 2. The highest BCUT2D eigenvalue weighted by Gasteiger charge is 2.25. The van der Waals surface area contributed by atoms with E-state index >= 15 is 0 Å². The maximum absolute atomic E-state index is 12.7. The van der Waals surface area contributed by atoms with Crippen LogP contribution < -0.4 is 25.2 Å². The van der Waals surface area contributed by atoms with Crippen molar-refractivity contribution in [2.75, 3.05) is 29.1 Å². The molecule has 3 aromatic carbocycles. The second kappa shape index (κ2) is 16.8. The van der Waals surface area contributed by atoms with E-state index in [9.17, 15) is 27.7 Å². The summed E-state index contributed by atoms with van der Waals surface area (Å²) in [5.41, 5.74) is 4.37. The molecular weight excluding hydrogens is 740 g/mol. The Balaban J connectivity index is 1.21. The predicted octanol–water partition coefficient (Wildman–Crippen LogP) is 5.73. The number of aliphatic carboxylic acids is 1. The minimum atomic E-state index is -4.31. The summed E-state index contributed by atoms with van der Waals surface area (Å²) in [6.45, 7) is 4.90. The molecule has 1 aliphatic rings. The molecule has 4 aromatic rings. The first kappa shape index (κ1) is 37.9. The van der Waals surface area contributed by atoms with Crippen LogP contribution in [0.3, 0.4) is 0 Å². The lowest BCUT2D eigenvalue weighted by atomic mass is 10.1. The molecule has 2 N–H and O–H groups in total. The zero-order valence-electron chi connectivity index (χ0n) is 27.5. The maximum atomic E-state index is 12.7. The Morgan fingerprint density at radius 1 is 1.08 bits per heavy atom. The summed E-state index contributed by atoms with van der Waals surface area (Å²) in [7, 11) is -4.31. The number of carbonyl (C=O) groups is 2. The van der Waals surface area contributed by atoms with E-state index < -0.39 is 27.9 Å². The molecule has 0 saturated carbocycles. The number of carboxylic acid groups (broad SMARTS) is 1. The summed E-state index contributed by atoms with van der Waals surface area (Å²) in [6.07, 6.45) is 4.25. The van der Waals surface area contributed by atoms with Crippen LogP contribution in [-0.2, 0) is 32.7 Å². The molecule has 1 aliphatic heterocycles. The van der Waals surface area contributed by atoms with Crippen molar-refractivity contribution in [3.8, 4) is 0 Å². The van der Waals surface area contributed by atoms with Gasteiger partial charge in [-0.1, -0.05) is 64.0 Å². The third kappa shape index (κ3) is 9.92. The molecule has 10 nitrogen and oxygen atoms in total. The molecular formula is C35H37Cl2N4O6S3-. The van der Waals surface area contributed by atoms with Crippen molar-refractivity contribution in [2.45, 2.75) is 63.4 Å². The maximum Gasteiger partial charge on any atom is 0.265 e. The van der Waals surface area contributed by atoms with Crippen molar-refractivity contribution < 1.29 is 32.2 Å². The van der Waals surface area contributed by atoms with Crippen LogP contribution in [-0.4, -0.2) is 49.7 Å². The highest BCUT2D eigenvalue weighted by Crippen LogP contribution is 2.46. The smallest absolute Gasteiger partial charge is 0.265 e. The summed E-state index contributed by atoms with van der Waals surface area (Å²) in [4.78, 5) is 27.0. The Morgan fingerprint density at radius 3 is 2.56 bits per heavy atom. The number of thioether (sulfide) groups is 1. The highest BCUT2D eigenvalue weighted by atomic mass is 35.5. The molecule has 0 radical (unpaired) electrons. The van der Waals surface area contributed by atoms with Crippen molar-refractivity contribution in [2.24, 2.45) is 0 Å². The van der Waals surface area contributed by atoms with Gasteiger partial charge < -0.3 is 30.0 Å². The first-order valence-electron chi connectivity index (χ1n) is 16.1. The molecule has 1 amide bonds. The number of carboxylic acids is 1. The molecule has 0 aliphatic carbocycles. The number of fused-ring (bicyclic) bond motifs is 2. The first-order chi connectivity index (χ1) is 23.8. The summed E-state index contributed by atoms with van der Waals surface area (Å²) in [6, 6.07) is 16.1. The van der Waals surface area contributed by atoms with E-state index in [0.717, 1.165) is 60.5 Å². The summed E-state index contributed by atoms with van der Waals surface area (Å²) < 4.78 is 36.7. The predicted molar refractivity (Wildman–Crippen MR) is 199 cm³/mol. The lowest BCUT2D eigenvalue weighted by Gasteiger charge is -2.32. The third-order valence-electron chi connectivity index (χ3n) is 8.34. The van der Waals surface area contributed by atoms with Crippen LogP contribution >= 0.6 is 46.3 Å². The van der Waals surface area contributed by atoms with Crippen LogP contribution in [0.25, 0.3) is 16.3 Å². The van der Waals surface area contributed by atoms with Crippen LogP contribution in [0.2, 0.25) is 10.0 Å². The largest absolute Gasteiger partial charge is 0.748 e. The number of nitrogens with zero attached hydrogens (tertiary/aromatic N) is 2. The topological polar surface area (TPSA) is 146 Å². The quantitative estimate of drug-likeness (QED) is 0.0828. The fraction of sp³-hybridized carbons (Fsp3) is 0.343. The van der Waals surface area contributed by atoms with Crippen molar-refractivity contribution in [3.63, 3.8) is 0 Å². The summed E-state index contributed by atoms with van der Waals surface area (Å²) in [5, 5.41) is 21.1. The Bertz CT molecular complexity index is 2020. The van der Waals surface area contributed by atoms with Gasteiger partial charge in [-0.3, -0.25) is 4.79 Å². The third-order valence-corrected chi connectivity index (χ3v) is 11.8. The average Bonchev–Trinajstić information content (AvgIpc) is 3.62. The molecule has 1 aromatic heterocycles. The van der Waals surface area contributed by atoms with Gasteiger partial charge in [0.2, 0.25) is 11.4 Å². The number of hydrogen-bond acceptors (Lipinski definition) is 10. The summed E-state index contributed by atoms with van der Waals surface area (Å²) in [5.74, 6) is -1.81. The van der Waals surface area contributed by atoms with E-state index in [4.69, 9.17) is 23.2 Å². The van der Waals surface area contributed by atoms with Gasteiger partial charge in [-0.2, -0.15) is 4.57 Å². The Labute approximate surface area is 310 Å². The Hall–Kier alpha value is -3.33. The first-order valence-corrected chi connectivity index (χ1v) is 20.1. The fourth-order valence-electron chi connectivity index (χ4n) is 5.69. The van der Waals surface area contributed by atoms with Crippen molar-refractivity contribution >= 4 is 96.0 Å². The fourth-order valence-corrected chi connectivity index (χ4v) is 8.77. The molecule has 2 heterocycles. The van der Waals surface area contributed by atoms with Crippen LogP contribution in [0.1, 0.15) is 48.7 Å². The van der Waals surface area contributed by atoms with Gasteiger partial charge in [0.05, 0.1) is 38.9 Å². The van der Waals surface area contributed by atoms with Gasteiger partial charge in [0.25, 0.3) is 5.01 Å². The number of aryl methyl sites for hydroxylation is 2. The summed E-state index contributed by atoms with van der Waals surface area (Å²) >= 11 is 16.1. The van der Waals surface area contributed by atoms with Crippen molar-refractivity contribution in [1.82, 2.24) is 5.32 Å². The Kier molecular flexibility index (Phi) is 12.7. The van der Waals surface area contributed by atoms with Crippen LogP contribution in [0, 0.1) is 6.92 Å². The highest BCUT2D eigenvalue weighted by molar-refractivity contribution is 8.03. The van der Waals surface area contributed by atoms with E-state index in [1.807, 2.05) is 55.5 Å². The van der Waals surface area contributed by atoms with Crippen LogP contribution in [0.5, 0.6) is 0 Å². The van der Waals surface area contributed by atoms with E-state index in [2.05, 4.69) is 21.3 Å². The lowest BCUT2D eigenvalue weighted by Crippen LogP contribution is -2.47. The van der Waals surface area contributed by atoms with Crippen LogP contribution in [0.15, 0.2) is 64.5 Å². The van der Waals surface area contributed by atoms with Gasteiger partial charge in [-0.15, -0.1) is 0 Å². The second-order valence-corrected chi connectivity index (χ2v) is 16.5. The molecule has 266 valence electrons. The van der Waals surface area contributed by atoms with E-state index in [1.165, 1.54) is 0 Å². The number of benzene rings is 3. The number of aromatic nitrogens is 1. The number of anilines is 2. The molecule has 15 heteroatoms. The van der Waals surface area contributed by atoms with Gasteiger partial charge in [-0.25, -0.2) is 8.42 Å². The average molecular weight is 777 g/mol. The number of amides is 1. The number of hydrogen-bond donors (Lipinski definition) is 2. The molecule has 0 fully saturated rings. The number of unbranched alkanes of at least 4 members (excludes halogenated alkanes) is 1. The molecule has 1 atom stereocenters. The molecule has 1 unspecified atom stereocenters. The van der Waals surface area contributed by atoms with Gasteiger partial charge in [0.1, 0.15) is 4.70 Å². The van der Waals surface area contributed by atoms with Gasteiger partial charge >= 0.3 is 0 Å². The number of halogens is 2. The lowest BCUT2D eigenvalue weighted by molar-refractivity contribution is -0.669. The SMILES string of the molecule is Cc1ccc(N(CCC(=O)NCCCC[n+]2c(/C=C3/Nc4c(ccc(Cl)c4CCCS(=O)(=O)[O-])S3)sc3ccc(Cl)cc32)C(C)C(=O)[O-])cc1. The second-order valence-electron chi connectivity index (χ2n) is 12.0. The van der Waals surface area contributed by atoms with Gasteiger partial charge in [0.15, 0.2) is 6.54 Å². The number of nitrogens with one attached hydrogen (secondary N) is 2. The molecule has 0 bridgehead atoms. The van der Waals surface area contributed by atoms with Crippen LogP contribution in [0.4, 0.5) is 11.4 Å². The normalized spacial score (nSPS) is 14.1. The molecule has 0 spiro atoms. The van der Waals surface area contributed by atoms with Gasteiger partial charge in [-0.05, 0) is 75.1 Å². The number of thiazole rings is 1. The van der Waals surface area contributed by atoms with E-state index in [0.29, 0.717) is 29.6 Å². The zero-order chi connectivity index (χ0) is 36.0. The van der Waals surface area contributed by atoms with E-state index in [1.54, 1.807) is 41.0 Å². The minimum Gasteiger partial charge on any atom is -0.748 e. The van der Waals surface area contributed by atoms with E-state index in [-0.39, 0.29) is 25.3 Å². The standard InChI is InChI=1S/C35H38Cl2N4O6S3/c1-22-7-10-25(11-8-22)40(23(2)35(43)44)18-15-31(42)38-16-3-4-17-41-28-20-24(36)9-13-29(28)49-33(41)21-32-39-34-26(6-5-19-50(45,46)47)27(37)12-14-30(34)48-32/h7-14,20-21,23H,3-6,15-19H2,1-2H3,(H3,38,42,43,44,45,46,47)/p-1. The molecule has 0 saturated heterocycles. The van der Waals surface area contributed by atoms with Crippen molar-refractivity contribution in [1.29, 1.82) is 0 Å². The Morgan fingerprint density at radius 2 is 1.84 bits per heavy atom. The monoisotopic (exact) mass is 775 g/mol. The molecule has 50 heavy (non-hydrogen) atoms. The zero-order valence-corrected chi connectivity index (χ0v) is 31.5. The minimum absolute atomic E-state index is 0.142. The van der Waals surface area contributed by atoms with Crippen molar-refractivity contribution in [3.05, 3.63) is 85.8 Å². The molecule has 5 rings (SSSR count). The van der Waals surface area contributed by atoms with Gasteiger partial charge in [0, 0.05) is 58.4 Å². The number of rotatable bonds is 16.